The van der Waals surface area contributed by atoms with E-state index in [1.807, 2.05) is 23.1 Å². The van der Waals surface area contributed by atoms with E-state index in [2.05, 4.69) is 39.0 Å². The molecule has 0 saturated heterocycles. The van der Waals surface area contributed by atoms with Gasteiger partial charge in [0.1, 0.15) is 0 Å². The summed E-state index contributed by atoms with van der Waals surface area (Å²) in [5.74, 6) is 0.703. The van der Waals surface area contributed by atoms with Crippen molar-refractivity contribution < 1.29 is 4.79 Å². The number of nitrogens with zero attached hydrogens (tertiary/aromatic N) is 1. The second-order valence-electron chi connectivity index (χ2n) is 5.31. The summed E-state index contributed by atoms with van der Waals surface area (Å²) in [6.07, 6.45) is 3.25. The van der Waals surface area contributed by atoms with Crippen LogP contribution in [-0.2, 0) is 4.79 Å². The van der Waals surface area contributed by atoms with Crippen molar-refractivity contribution in [3.05, 3.63) is 41.5 Å². The van der Waals surface area contributed by atoms with E-state index in [0.29, 0.717) is 12.5 Å². The molecule has 0 aliphatic heterocycles. The van der Waals surface area contributed by atoms with E-state index in [9.17, 15) is 4.79 Å². The van der Waals surface area contributed by atoms with Crippen LogP contribution in [0.4, 0.5) is 0 Å². The standard InChI is InChI=1S/C17H25NO/c1-5-14(2)12-18(16(4)19)13-15(3)11-17-9-7-6-8-10-17/h6-11,14H,5,12-13H2,1-4H3/b15-11+. The van der Waals surface area contributed by atoms with Crippen molar-refractivity contribution in [2.45, 2.75) is 34.1 Å². The number of hydrogen-bond acceptors (Lipinski definition) is 1. The van der Waals surface area contributed by atoms with Crippen molar-refractivity contribution in [2.75, 3.05) is 13.1 Å². The molecule has 1 atom stereocenters. The van der Waals surface area contributed by atoms with Gasteiger partial charge in [0.2, 0.25) is 5.91 Å². The van der Waals surface area contributed by atoms with Crippen LogP contribution in [0.2, 0.25) is 0 Å². The molecule has 1 amide bonds. The van der Waals surface area contributed by atoms with Gasteiger partial charge in [-0.2, -0.15) is 0 Å². The van der Waals surface area contributed by atoms with Gasteiger partial charge in [-0.15, -0.1) is 0 Å². The lowest BCUT2D eigenvalue weighted by molar-refractivity contribution is -0.129. The van der Waals surface area contributed by atoms with E-state index >= 15 is 0 Å². The first kappa shape index (κ1) is 15.5. The molecule has 1 aromatic rings. The van der Waals surface area contributed by atoms with Gasteiger partial charge in [0.15, 0.2) is 0 Å². The first-order valence-corrected chi connectivity index (χ1v) is 7.00. The Hall–Kier alpha value is -1.57. The van der Waals surface area contributed by atoms with Crippen LogP contribution in [0.5, 0.6) is 0 Å². The third kappa shape index (κ3) is 5.73. The van der Waals surface area contributed by atoms with E-state index in [-0.39, 0.29) is 5.91 Å². The molecule has 2 nitrogen and oxygen atoms in total. The predicted molar refractivity (Wildman–Crippen MR) is 81.8 cm³/mol. The number of hydrogen-bond donors (Lipinski definition) is 0. The zero-order valence-electron chi connectivity index (χ0n) is 12.5. The van der Waals surface area contributed by atoms with Gasteiger partial charge < -0.3 is 4.90 Å². The van der Waals surface area contributed by atoms with Crippen LogP contribution >= 0.6 is 0 Å². The molecular weight excluding hydrogens is 234 g/mol. The van der Waals surface area contributed by atoms with Gasteiger partial charge in [0.05, 0.1) is 0 Å². The maximum Gasteiger partial charge on any atom is 0.219 e. The third-order valence-electron chi connectivity index (χ3n) is 3.33. The van der Waals surface area contributed by atoms with Crippen molar-refractivity contribution in [2.24, 2.45) is 5.92 Å². The lowest BCUT2D eigenvalue weighted by Gasteiger charge is -2.24. The fourth-order valence-electron chi connectivity index (χ4n) is 1.99. The van der Waals surface area contributed by atoms with Crippen LogP contribution in [0.3, 0.4) is 0 Å². The van der Waals surface area contributed by atoms with Crippen molar-refractivity contribution in [1.29, 1.82) is 0 Å². The minimum Gasteiger partial charge on any atom is -0.339 e. The molecule has 0 N–H and O–H groups in total. The van der Waals surface area contributed by atoms with Gasteiger partial charge in [-0.05, 0) is 18.4 Å². The van der Waals surface area contributed by atoms with Crippen molar-refractivity contribution in [3.63, 3.8) is 0 Å². The summed E-state index contributed by atoms with van der Waals surface area (Å²) in [5, 5.41) is 0. The average molecular weight is 259 g/mol. The molecular formula is C17H25NO. The van der Waals surface area contributed by atoms with E-state index in [0.717, 1.165) is 13.0 Å². The van der Waals surface area contributed by atoms with Crippen LogP contribution in [0.15, 0.2) is 35.9 Å². The van der Waals surface area contributed by atoms with Crippen LogP contribution < -0.4 is 0 Å². The maximum atomic E-state index is 11.7. The summed E-state index contributed by atoms with van der Waals surface area (Å²) in [4.78, 5) is 13.6. The monoisotopic (exact) mass is 259 g/mol. The van der Waals surface area contributed by atoms with Crippen molar-refractivity contribution in [3.8, 4) is 0 Å². The summed E-state index contributed by atoms with van der Waals surface area (Å²) in [6.45, 7) is 9.64. The van der Waals surface area contributed by atoms with Gasteiger partial charge in [-0.25, -0.2) is 0 Å². The average Bonchev–Trinajstić information content (AvgIpc) is 2.38. The number of amides is 1. The number of benzene rings is 1. The summed E-state index contributed by atoms with van der Waals surface area (Å²) >= 11 is 0. The molecule has 0 radical (unpaired) electrons. The highest BCUT2D eigenvalue weighted by Gasteiger charge is 2.12. The molecule has 1 aromatic carbocycles. The zero-order chi connectivity index (χ0) is 14.3. The number of carbonyl (C=O) groups is 1. The van der Waals surface area contributed by atoms with Gasteiger partial charge in [-0.1, -0.05) is 62.2 Å². The Morgan fingerprint density at radius 2 is 1.89 bits per heavy atom. The minimum atomic E-state index is 0.154. The van der Waals surface area contributed by atoms with Crippen LogP contribution in [-0.4, -0.2) is 23.9 Å². The fourth-order valence-corrected chi connectivity index (χ4v) is 1.99. The Labute approximate surface area is 117 Å². The predicted octanol–water partition coefficient (Wildman–Crippen LogP) is 3.98. The molecule has 2 heteroatoms. The molecule has 104 valence electrons. The van der Waals surface area contributed by atoms with E-state index in [1.54, 1.807) is 6.92 Å². The molecule has 0 aromatic heterocycles. The first-order valence-electron chi connectivity index (χ1n) is 7.00. The topological polar surface area (TPSA) is 20.3 Å². The molecule has 1 rings (SSSR count). The Balaban J connectivity index is 2.68. The highest BCUT2D eigenvalue weighted by Crippen LogP contribution is 2.10. The Morgan fingerprint density at radius 1 is 1.26 bits per heavy atom. The molecule has 0 fully saturated rings. The van der Waals surface area contributed by atoms with Crippen molar-refractivity contribution >= 4 is 12.0 Å². The van der Waals surface area contributed by atoms with E-state index < -0.39 is 0 Å². The molecule has 0 aliphatic rings. The minimum absolute atomic E-state index is 0.154. The van der Waals surface area contributed by atoms with Crippen molar-refractivity contribution in [1.82, 2.24) is 4.90 Å². The normalized spacial score (nSPS) is 13.2. The van der Waals surface area contributed by atoms with Gasteiger partial charge >= 0.3 is 0 Å². The molecule has 0 saturated carbocycles. The first-order chi connectivity index (χ1) is 9.02. The third-order valence-corrected chi connectivity index (χ3v) is 3.33. The lowest BCUT2D eigenvalue weighted by Crippen LogP contribution is -2.34. The molecule has 19 heavy (non-hydrogen) atoms. The number of rotatable bonds is 6. The summed E-state index contributed by atoms with van der Waals surface area (Å²) in [6, 6.07) is 10.2. The molecule has 0 aliphatic carbocycles. The summed E-state index contributed by atoms with van der Waals surface area (Å²) in [7, 11) is 0. The summed E-state index contributed by atoms with van der Waals surface area (Å²) in [5.41, 5.74) is 2.40. The molecule has 1 unspecified atom stereocenters. The highest BCUT2D eigenvalue weighted by molar-refractivity contribution is 5.73. The maximum absolute atomic E-state index is 11.7. The van der Waals surface area contributed by atoms with Gasteiger partial charge in [-0.3, -0.25) is 4.79 Å². The Morgan fingerprint density at radius 3 is 2.42 bits per heavy atom. The lowest BCUT2D eigenvalue weighted by atomic mass is 10.1. The van der Waals surface area contributed by atoms with Crippen LogP contribution in [0.25, 0.3) is 6.08 Å². The number of carbonyl (C=O) groups excluding carboxylic acids is 1. The largest absolute Gasteiger partial charge is 0.339 e. The highest BCUT2D eigenvalue weighted by atomic mass is 16.2. The Bertz CT molecular complexity index is 422. The SMILES string of the molecule is CCC(C)CN(C/C(C)=C/c1ccccc1)C(C)=O. The van der Waals surface area contributed by atoms with Crippen LogP contribution in [0, 0.1) is 5.92 Å². The molecule has 0 heterocycles. The Kier molecular flexibility index (Phi) is 6.34. The smallest absolute Gasteiger partial charge is 0.219 e. The molecule has 0 bridgehead atoms. The second kappa shape index (κ2) is 7.78. The fraction of sp³-hybridized carbons (Fsp3) is 0.471. The van der Waals surface area contributed by atoms with Gasteiger partial charge in [0.25, 0.3) is 0 Å². The van der Waals surface area contributed by atoms with E-state index in [1.165, 1.54) is 11.1 Å². The van der Waals surface area contributed by atoms with Crippen LogP contribution in [0.1, 0.15) is 39.7 Å². The quantitative estimate of drug-likeness (QED) is 0.756. The second-order valence-corrected chi connectivity index (χ2v) is 5.31. The summed E-state index contributed by atoms with van der Waals surface area (Å²) < 4.78 is 0. The van der Waals surface area contributed by atoms with E-state index in [4.69, 9.17) is 0 Å². The van der Waals surface area contributed by atoms with Gasteiger partial charge in [0, 0.05) is 20.0 Å². The molecule has 0 spiro atoms. The zero-order valence-corrected chi connectivity index (χ0v) is 12.5.